The summed E-state index contributed by atoms with van der Waals surface area (Å²) in [7, 11) is 0. The molecule has 0 aliphatic carbocycles. The third-order valence-corrected chi connectivity index (χ3v) is 5.71. The molecule has 0 spiro atoms. The van der Waals surface area contributed by atoms with Crippen molar-refractivity contribution in [1.29, 1.82) is 0 Å². The molecule has 29 heavy (non-hydrogen) atoms. The van der Waals surface area contributed by atoms with E-state index in [1.807, 2.05) is 6.92 Å². The second-order valence-electron chi connectivity index (χ2n) is 6.74. The molecule has 5 nitrogen and oxygen atoms in total. The number of nitrogens with zero attached hydrogens (tertiary/aromatic N) is 3. The highest BCUT2D eigenvalue weighted by Gasteiger charge is 2.27. The fourth-order valence-corrected chi connectivity index (χ4v) is 4.07. The molecule has 1 fully saturated rings. The van der Waals surface area contributed by atoms with Crippen LogP contribution in [0.2, 0.25) is 0 Å². The molecule has 1 unspecified atom stereocenters. The van der Waals surface area contributed by atoms with Crippen LogP contribution < -0.4 is 15.5 Å². The van der Waals surface area contributed by atoms with Gasteiger partial charge in [-0.15, -0.1) is 35.3 Å². The summed E-state index contributed by atoms with van der Waals surface area (Å²) >= 11 is 1.69. The third-order valence-electron chi connectivity index (χ3n) is 4.67. The third kappa shape index (κ3) is 6.50. The fourth-order valence-electron chi connectivity index (χ4n) is 3.29. The van der Waals surface area contributed by atoms with Crippen molar-refractivity contribution in [2.24, 2.45) is 4.99 Å². The van der Waals surface area contributed by atoms with E-state index in [1.54, 1.807) is 16.2 Å². The van der Waals surface area contributed by atoms with E-state index in [1.165, 1.54) is 18.2 Å². The Morgan fingerprint density at radius 3 is 2.72 bits per heavy atom. The SMILES string of the molecule is CCNC(=NCCc1csc(CC)n1)NC1CCN(c2c(F)cccc2F)C1.I. The molecule has 1 aliphatic rings. The largest absolute Gasteiger partial charge is 0.365 e. The maximum absolute atomic E-state index is 14.0. The lowest BCUT2D eigenvalue weighted by Gasteiger charge is -2.21. The Labute approximate surface area is 192 Å². The molecule has 1 saturated heterocycles. The molecule has 0 bridgehead atoms. The molecule has 2 N–H and O–H groups in total. The number of para-hydroxylation sites is 1. The van der Waals surface area contributed by atoms with E-state index in [-0.39, 0.29) is 35.7 Å². The Morgan fingerprint density at radius 1 is 1.31 bits per heavy atom. The molecule has 9 heteroatoms. The van der Waals surface area contributed by atoms with Crippen LogP contribution in [0.25, 0.3) is 0 Å². The van der Waals surface area contributed by atoms with Gasteiger partial charge in [-0.2, -0.15) is 0 Å². The van der Waals surface area contributed by atoms with Crippen molar-refractivity contribution >= 4 is 47.0 Å². The minimum absolute atomic E-state index is 0. The summed E-state index contributed by atoms with van der Waals surface area (Å²) in [5, 5.41) is 9.87. The summed E-state index contributed by atoms with van der Waals surface area (Å²) in [5.74, 6) is -0.304. The first-order valence-electron chi connectivity index (χ1n) is 9.77. The van der Waals surface area contributed by atoms with Gasteiger partial charge in [0.25, 0.3) is 0 Å². The zero-order chi connectivity index (χ0) is 19.9. The summed E-state index contributed by atoms with van der Waals surface area (Å²) in [6.45, 7) is 6.65. The van der Waals surface area contributed by atoms with Gasteiger partial charge in [0.15, 0.2) is 5.96 Å². The Balaban J connectivity index is 0.00000300. The number of guanidine groups is 1. The molecule has 1 atom stereocenters. The van der Waals surface area contributed by atoms with Crippen molar-refractivity contribution in [3.8, 4) is 0 Å². The normalized spacial score (nSPS) is 16.6. The van der Waals surface area contributed by atoms with Crippen LogP contribution in [-0.4, -0.2) is 43.2 Å². The van der Waals surface area contributed by atoms with Gasteiger partial charge in [-0.3, -0.25) is 4.99 Å². The summed E-state index contributed by atoms with van der Waals surface area (Å²) in [5.41, 5.74) is 1.13. The van der Waals surface area contributed by atoms with E-state index in [9.17, 15) is 8.78 Å². The van der Waals surface area contributed by atoms with Crippen molar-refractivity contribution in [3.05, 3.63) is 45.9 Å². The minimum Gasteiger partial charge on any atom is -0.365 e. The lowest BCUT2D eigenvalue weighted by Crippen LogP contribution is -2.44. The van der Waals surface area contributed by atoms with Gasteiger partial charge < -0.3 is 15.5 Å². The smallest absolute Gasteiger partial charge is 0.191 e. The Hall–Kier alpha value is -1.49. The van der Waals surface area contributed by atoms with Gasteiger partial charge in [-0.1, -0.05) is 13.0 Å². The number of hydrogen-bond acceptors (Lipinski definition) is 4. The van der Waals surface area contributed by atoms with Gasteiger partial charge >= 0.3 is 0 Å². The number of nitrogens with one attached hydrogen (secondary N) is 2. The highest BCUT2D eigenvalue weighted by Crippen LogP contribution is 2.26. The summed E-state index contributed by atoms with van der Waals surface area (Å²) in [6, 6.07) is 4.07. The van der Waals surface area contributed by atoms with Crippen molar-refractivity contribution in [2.75, 3.05) is 31.1 Å². The van der Waals surface area contributed by atoms with Crippen LogP contribution in [0.5, 0.6) is 0 Å². The number of hydrogen-bond donors (Lipinski definition) is 2. The van der Waals surface area contributed by atoms with E-state index in [0.717, 1.165) is 42.5 Å². The van der Waals surface area contributed by atoms with Gasteiger partial charge in [-0.05, 0) is 31.9 Å². The highest BCUT2D eigenvalue weighted by atomic mass is 127. The van der Waals surface area contributed by atoms with Crippen LogP contribution in [0.1, 0.15) is 31.0 Å². The van der Waals surface area contributed by atoms with Gasteiger partial charge in [-0.25, -0.2) is 13.8 Å². The maximum atomic E-state index is 14.0. The minimum atomic E-state index is -0.518. The van der Waals surface area contributed by atoms with Crippen LogP contribution in [-0.2, 0) is 12.8 Å². The topological polar surface area (TPSA) is 52.6 Å². The number of thiazole rings is 1. The molecule has 2 aromatic rings. The lowest BCUT2D eigenvalue weighted by molar-refractivity contribution is 0.576. The first kappa shape index (κ1) is 23.8. The Morgan fingerprint density at radius 2 is 2.07 bits per heavy atom. The number of anilines is 1. The number of aryl methyl sites for hydroxylation is 1. The zero-order valence-corrected chi connectivity index (χ0v) is 19.9. The van der Waals surface area contributed by atoms with Crippen LogP contribution in [0, 0.1) is 11.6 Å². The molecule has 0 saturated carbocycles. The Kier molecular flexibility index (Phi) is 9.54. The standard InChI is InChI=1S/C20H27F2N5S.HI/c1-3-18-25-15(13-28-18)8-10-24-20(23-4-2)26-14-9-11-27(12-14)19-16(21)6-5-7-17(19)22;/h5-7,13-14H,3-4,8-12H2,1-2H3,(H2,23,24,26);1H. The summed E-state index contributed by atoms with van der Waals surface area (Å²) < 4.78 is 28.0. The molecular weight excluding hydrogens is 507 g/mol. The number of aromatic nitrogens is 1. The van der Waals surface area contributed by atoms with E-state index in [0.29, 0.717) is 19.6 Å². The molecule has 1 aromatic carbocycles. The maximum Gasteiger partial charge on any atom is 0.191 e. The second kappa shape index (κ2) is 11.6. The second-order valence-corrected chi connectivity index (χ2v) is 7.69. The molecule has 0 radical (unpaired) electrons. The lowest BCUT2D eigenvalue weighted by atomic mass is 10.2. The van der Waals surface area contributed by atoms with E-state index < -0.39 is 11.6 Å². The van der Waals surface area contributed by atoms with Gasteiger partial charge in [0.2, 0.25) is 0 Å². The quantitative estimate of drug-likeness (QED) is 0.320. The molecule has 1 aliphatic heterocycles. The van der Waals surface area contributed by atoms with Gasteiger partial charge in [0.05, 0.1) is 10.7 Å². The van der Waals surface area contributed by atoms with Crippen LogP contribution in [0.4, 0.5) is 14.5 Å². The van der Waals surface area contributed by atoms with E-state index in [4.69, 9.17) is 0 Å². The monoisotopic (exact) mass is 535 g/mol. The summed E-state index contributed by atoms with van der Waals surface area (Å²) in [4.78, 5) is 11.0. The van der Waals surface area contributed by atoms with Crippen LogP contribution in [0.3, 0.4) is 0 Å². The van der Waals surface area contributed by atoms with Gasteiger partial charge in [0, 0.05) is 44.0 Å². The molecular formula is C20H28F2IN5S. The summed E-state index contributed by atoms with van der Waals surface area (Å²) in [6.07, 6.45) is 2.55. The van der Waals surface area contributed by atoms with Crippen molar-refractivity contribution < 1.29 is 8.78 Å². The molecule has 0 amide bonds. The Bertz CT molecular complexity index is 794. The predicted molar refractivity (Wildman–Crippen MR) is 127 cm³/mol. The number of aliphatic imine (C=N–C) groups is 1. The average Bonchev–Trinajstić information content (AvgIpc) is 3.31. The first-order chi connectivity index (χ1) is 13.6. The highest BCUT2D eigenvalue weighted by molar-refractivity contribution is 14.0. The van der Waals surface area contributed by atoms with Crippen LogP contribution >= 0.6 is 35.3 Å². The molecule has 1 aromatic heterocycles. The molecule has 3 rings (SSSR count). The number of halogens is 3. The number of rotatable bonds is 7. The van der Waals surface area contributed by atoms with Crippen LogP contribution in [0.15, 0.2) is 28.6 Å². The van der Waals surface area contributed by atoms with Crippen molar-refractivity contribution in [3.63, 3.8) is 0 Å². The van der Waals surface area contributed by atoms with E-state index >= 15 is 0 Å². The van der Waals surface area contributed by atoms with Crippen molar-refractivity contribution in [2.45, 2.75) is 39.2 Å². The zero-order valence-electron chi connectivity index (χ0n) is 16.8. The average molecular weight is 535 g/mol. The van der Waals surface area contributed by atoms with Crippen molar-refractivity contribution in [1.82, 2.24) is 15.6 Å². The molecule has 2 heterocycles. The number of benzene rings is 1. The van der Waals surface area contributed by atoms with E-state index in [2.05, 4.69) is 32.9 Å². The fraction of sp³-hybridized carbons (Fsp3) is 0.500. The predicted octanol–water partition coefficient (Wildman–Crippen LogP) is 3.98. The molecule has 160 valence electrons. The first-order valence-corrected chi connectivity index (χ1v) is 10.7. The van der Waals surface area contributed by atoms with Gasteiger partial charge in [0.1, 0.15) is 17.3 Å².